The predicted octanol–water partition coefficient (Wildman–Crippen LogP) is 1.05. The minimum absolute atomic E-state index is 0.0299. The van der Waals surface area contributed by atoms with Crippen molar-refractivity contribution >= 4 is 23.5 Å². The van der Waals surface area contributed by atoms with Gasteiger partial charge in [0.05, 0.1) is 17.6 Å². The zero-order valence-electron chi connectivity index (χ0n) is 14.9. The van der Waals surface area contributed by atoms with E-state index in [1.54, 1.807) is 12.3 Å². The second kappa shape index (κ2) is 7.86. The van der Waals surface area contributed by atoms with Gasteiger partial charge in [-0.25, -0.2) is 9.78 Å². The van der Waals surface area contributed by atoms with E-state index in [0.717, 1.165) is 18.2 Å². The summed E-state index contributed by atoms with van der Waals surface area (Å²) in [6.07, 6.45) is 1.58. The maximum absolute atomic E-state index is 12.7. The number of non-ortho nitro benzene ring substituents is 1. The average molecular weight is 387 g/mol. The molecule has 28 heavy (non-hydrogen) atoms. The number of hydrogen-bond acceptors (Lipinski definition) is 8. The molecule has 1 aliphatic heterocycles. The van der Waals surface area contributed by atoms with Crippen LogP contribution in [0.3, 0.4) is 0 Å². The summed E-state index contributed by atoms with van der Waals surface area (Å²) >= 11 is 0. The Morgan fingerprint density at radius 2 is 1.86 bits per heavy atom. The molecule has 0 radical (unpaired) electrons. The smallest absolute Gasteiger partial charge is 0.335 e. The zero-order chi connectivity index (χ0) is 20.3. The molecule has 2 aromatic rings. The first-order valence-electron chi connectivity index (χ1n) is 8.33. The monoisotopic (exact) mass is 387 g/mol. The van der Waals surface area contributed by atoms with Crippen molar-refractivity contribution in [2.45, 2.75) is 0 Å². The van der Waals surface area contributed by atoms with Crippen LogP contribution in [-0.4, -0.2) is 70.1 Å². The topological polar surface area (TPSA) is 139 Å². The molecule has 2 heterocycles. The number of nitro groups is 1. The van der Waals surface area contributed by atoms with Gasteiger partial charge in [-0.05, 0) is 6.07 Å². The van der Waals surface area contributed by atoms with Gasteiger partial charge < -0.3 is 19.6 Å². The van der Waals surface area contributed by atoms with Crippen molar-refractivity contribution in [1.29, 1.82) is 0 Å². The summed E-state index contributed by atoms with van der Waals surface area (Å²) in [5.74, 6) is -0.883. The van der Waals surface area contributed by atoms with Gasteiger partial charge in [0, 0.05) is 56.1 Å². The number of carboxylic acid groups (broad SMARTS) is 1. The van der Waals surface area contributed by atoms with Crippen LogP contribution < -0.4 is 9.64 Å². The van der Waals surface area contributed by atoms with Crippen LogP contribution in [0.4, 0.5) is 11.6 Å². The van der Waals surface area contributed by atoms with Crippen LogP contribution in [0.15, 0.2) is 30.5 Å². The van der Waals surface area contributed by atoms with E-state index in [-0.39, 0.29) is 11.1 Å². The number of carbonyl (C=O) groups excluding carboxylic acids is 1. The number of nitrogens with zero attached hydrogens (tertiary/aromatic N) is 5. The Bertz CT molecular complexity index is 894. The largest absolute Gasteiger partial charge is 0.481 e. The maximum atomic E-state index is 12.7. The number of carboxylic acids is 1. The average Bonchev–Trinajstić information content (AvgIpc) is 2.73. The van der Waals surface area contributed by atoms with Gasteiger partial charge in [0.15, 0.2) is 0 Å². The van der Waals surface area contributed by atoms with Crippen LogP contribution in [0, 0.1) is 10.1 Å². The van der Waals surface area contributed by atoms with E-state index in [0.29, 0.717) is 38.0 Å². The summed E-state index contributed by atoms with van der Waals surface area (Å²) in [6.45, 7) is 1.59. The van der Waals surface area contributed by atoms with Gasteiger partial charge in [-0.3, -0.25) is 14.9 Å². The van der Waals surface area contributed by atoms with Crippen molar-refractivity contribution in [2.75, 3.05) is 38.2 Å². The van der Waals surface area contributed by atoms with E-state index in [4.69, 9.17) is 9.84 Å². The number of methoxy groups -OCH3 is 1. The molecule has 1 aliphatic rings. The highest BCUT2D eigenvalue weighted by Crippen LogP contribution is 2.20. The molecule has 1 saturated heterocycles. The predicted molar refractivity (Wildman–Crippen MR) is 96.8 cm³/mol. The van der Waals surface area contributed by atoms with E-state index in [9.17, 15) is 19.7 Å². The molecule has 146 valence electrons. The molecular formula is C17H17N5O6. The van der Waals surface area contributed by atoms with Crippen LogP contribution in [0.1, 0.15) is 20.7 Å². The fourth-order valence-corrected chi connectivity index (χ4v) is 2.85. The number of aromatic carboxylic acids is 1. The molecule has 1 aromatic heterocycles. The summed E-state index contributed by atoms with van der Waals surface area (Å²) in [6, 6.07) is 4.80. The number of carbonyl (C=O) groups is 2. The summed E-state index contributed by atoms with van der Waals surface area (Å²) in [5, 5.41) is 20.2. The van der Waals surface area contributed by atoms with Crippen LogP contribution in [0.5, 0.6) is 5.88 Å². The fourth-order valence-electron chi connectivity index (χ4n) is 2.85. The Morgan fingerprint density at radius 1 is 1.18 bits per heavy atom. The first-order chi connectivity index (χ1) is 13.4. The molecule has 0 atom stereocenters. The number of benzene rings is 1. The molecule has 11 heteroatoms. The van der Waals surface area contributed by atoms with Gasteiger partial charge >= 0.3 is 5.97 Å². The number of hydrogen-bond donors (Lipinski definition) is 1. The lowest BCUT2D eigenvalue weighted by molar-refractivity contribution is -0.384. The molecule has 1 amide bonds. The molecule has 3 rings (SSSR count). The molecule has 0 bridgehead atoms. The molecule has 0 aliphatic carbocycles. The van der Waals surface area contributed by atoms with Gasteiger partial charge in [-0.2, -0.15) is 4.98 Å². The number of aromatic nitrogens is 2. The van der Waals surface area contributed by atoms with Gasteiger partial charge in [-0.15, -0.1) is 0 Å². The van der Waals surface area contributed by atoms with Gasteiger partial charge in [0.25, 0.3) is 11.6 Å². The van der Waals surface area contributed by atoms with E-state index >= 15 is 0 Å². The number of rotatable bonds is 5. The lowest BCUT2D eigenvalue weighted by atomic mass is 10.1. The second-order valence-corrected chi connectivity index (χ2v) is 6.01. The van der Waals surface area contributed by atoms with E-state index in [1.165, 1.54) is 12.0 Å². The number of ether oxygens (including phenoxy) is 1. The van der Waals surface area contributed by atoms with Crippen LogP contribution in [0.2, 0.25) is 0 Å². The second-order valence-electron chi connectivity index (χ2n) is 6.01. The lowest BCUT2D eigenvalue weighted by Gasteiger charge is -2.34. The van der Waals surface area contributed by atoms with E-state index < -0.39 is 22.5 Å². The lowest BCUT2D eigenvalue weighted by Crippen LogP contribution is -2.49. The number of anilines is 1. The standard InChI is InChI=1S/C17H17N5O6/c1-28-14-2-3-18-17(19-14)21-6-4-20(5-7-21)15(23)11-8-12(16(24)25)10-13(9-11)22(26)27/h2-3,8-10H,4-7H2,1H3,(H,24,25). The highest BCUT2D eigenvalue weighted by atomic mass is 16.6. The van der Waals surface area contributed by atoms with Crippen LogP contribution in [0.25, 0.3) is 0 Å². The summed E-state index contributed by atoms with van der Waals surface area (Å²) in [5.41, 5.74) is -0.773. The number of amides is 1. The van der Waals surface area contributed by atoms with Gasteiger partial charge in [-0.1, -0.05) is 0 Å². The molecule has 0 unspecified atom stereocenters. The molecular weight excluding hydrogens is 370 g/mol. The third-order valence-corrected chi connectivity index (χ3v) is 4.30. The molecule has 11 nitrogen and oxygen atoms in total. The highest BCUT2D eigenvalue weighted by molar-refractivity contribution is 5.98. The van der Waals surface area contributed by atoms with E-state index in [1.807, 2.05) is 4.90 Å². The fraction of sp³-hybridized carbons (Fsp3) is 0.294. The maximum Gasteiger partial charge on any atom is 0.335 e. The Labute approximate surface area is 159 Å². The third-order valence-electron chi connectivity index (χ3n) is 4.30. The van der Waals surface area contributed by atoms with Crippen molar-refractivity contribution in [3.8, 4) is 5.88 Å². The Morgan fingerprint density at radius 3 is 2.46 bits per heavy atom. The van der Waals surface area contributed by atoms with Crippen molar-refractivity contribution < 1.29 is 24.4 Å². The van der Waals surface area contributed by atoms with Crippen molar-refractivity contribution in [3.05, 3.63) is 51.7 Å². The minimum Gasteiger partial charge on any atom is -0.481 e. The number of nitro benzene ring substituents is 1. The quantitative estimate of drug-likeness (QED) is 0.589. The Balaban J connectivity index is 1.74. The highest BCUT2D eigenvalue weighted by Gasteiger charge is 2.26. The van der Waals surface area contributed by atoms with Gasteiger partial charge in [0.1, 0.15) is 0 Å². The summed E-state index contributed by atoms with van der Waals surface area (Å²) in [4.78, 5) is 46.1. The Hall–Kier alpha value is -3.76. The first kappa shape index (κ1) is 19.0. The molecule has 1 N–H and O–H groups in total. The zero-order valence-corrected chi connectivity index (χ0v) is 14.9. The van der Waals surface area contributed by atoms with Crippen LogP contribution >= 0.6 is 0 Å². The molecule has 1 fully saturated rings. The summed E-state index contributed by atoms with van der Waals surface area (Å²) in [7, 11) is 1.51. The number of piperazine rings is 1. The van der Waals surface area contributed by atoms with Crippen LogP contribution in [-0.2, 0) is 0 Å². The van der Waals surface area contributed by atoms with Crippen molar-refractivity contribution in [2.24, 2.45) is 0 Å². The minimum atomic E-state index is -1.34. The first-order valence-corrected chi connectivity index (χ1v) is 8.33. The molecule has 0 spiro atoms. The SMILES string of the molecule is COc1ccnc(N2CCN(C(=O)c3cc(C(=O)O)cc([N+](=O)[O-])c3)CC2)n1. The van der Waals surface area contributed by atoms with Crippen molar-refractivity contribution in [3.63, 3.8) is 0 Å². The summed E-state index contributed by atoms with van der Waals surface area (Å²) < 4.78 is 5.08. The third kappa shape index (κ3) is 3.98. The van der Waals surface area contributed by atoms with Gasteiger partial charge in [0.2, 0.25) is 11.8 Å². The molecule has 0 saturated carbocycles. The Kier molecular flexibility index (Phi) is 5.34. The van der Waals surface area contributed by atoms with Crippen molar-refractivity contribution in [1.82, 2.24) is 14.9 Å². The normalized spacial score (nSPS) is 13.9. The molecule has 1 aromatic carbocycles. The van der Waals surface area contributed by atoms with E-state index in [2.05, 4.69) is 9.97 Å².